The van der Waals surface area contributed by atoms with Crippen molar-refractivity contribution in [2.45, 2.75) is 24.5 Å². The maximum absolute atomic E-state index is 13.3. The van der Waals surface area contributed by atoms with Gasteiger partial charge in [-0.1, -0.05) is 42.5 Å². The first-order valence-corrected chi connectivity index (χ1v) is 14.5. The van der Waals surface area contributed by atoms with Crippen LogP contribution in [-0.4, -0.2) is 70.1 Å². The van der Waals surface area contributed by atoms with Gasteiger partial charge in [0.15, 0.2) is 12.7 Å². The van der Waals surface area contributed by atoms with Crippen LogP contribution in [-0.2, 0) is 30.9 Å². The van der Waals surface area contributed by atoms with E-state index < -0.39 is 16.1 Å². The molecule has 0 aliphatic carbocycles. The molecule has 3 aromatic rings. The average molecular weight is 566 g/mol. The summed E-state index contributed by atoms with van der Waals surface area (Å²) in [6.07, 6.45) is -0.894. The van der Waals surface area contributed by atoms with Crippen LogP contribution in [0.5, 0.6) is 11.5 Å². The number of carbonyl (C=O) groups excluding carboxylic acids is 2. The van der Waals surface area contributed by atoms with Crippen molar-refractivity contribution in [3.63, 3.8) is 0 Å². The van der Waals surface area contributed by atoms with E-state index in [4.69, 9.17) is 14.2 Å². The Balaban J connectivity index is 1.25. The molecule has 0 spiro atoms. The van der Waals surface area contributed by atoms with Crippen LogP contribution < -0.4 is 19.7 Å². The van der Waals surface area contributed by atoms with Crippen LogP contribution >= 0.6 is 0 Å². The Kier molecular flexibility index (Phi) is 8.34. The lowest BCUT2D eigenvalue weighted by Gasteiger charge is -2.34. The Morgan fingerprint density at radius 3 is 2.48 bits per heavy atom. The van der Waals surface area contributed by atoms with Crippen molar-refractivity contribution >= 4 is 27.5 Å². The van der Waals surface area contributed by atoms with E-state index in [2.05, 4.69) is 5.32 Å². The van der Waals surface area contributed by atoms with Gasteiger partial charge in [0.05, 0.1) is 30.3 Å². The third-order valence-corrected chi connectivity index (χ3v) is 8.68. The molecule has 2 heterocycles. The summed E-state index contributed by atoms with van der Waals surface area (Å²) in [6, 6.07) is 21.1. The largest absolute Gasteiger partial charge is 0.483 e. The highest BCUT2D eigenvalue weighted by atomic mass is 32.2. The van der Waals surface area contributed by atoms with Gasteiger partial charge < -0.3 is 24.4 Å². The van der Waals surface area contributed by atoms with Crippen LogP contribution in [0.2, 0.25) is 0 Å². The summed E-state index contributed by atoms with van der Waals surface area (Å²) in [6.45, 7) is 3.13. The highest BCUT2D eigenvalue weighted by molar-refractivity contribution is 7.89. The Morgan fingerprint density at radius 1 is 1.00 bits per heavy atom. The van der Waals surface area contributed by atoms with E-state index in [0.717, 1.165) is 5.56 Å². The third kappa shape index (κ3) is 6.11. The first-order chi connectivity index (χ1) is 19.3. The van der Waals surface area contributed by atoms with Gasteiger partial charge in [-0.2, -0.15) is 4.31 Å². The Bertz CT molecular complexity index is 1470. The zero-order chi connectivity index (χ0) is 28.1. The highest BCUT2D eigenvalue weighted by Gasteiger charge is 2.34. The number of para-hydroxylation sites is 2. The Labute approximate surface area is 233 Å². The third-order valence-electron chi connectivity index (χ3n) is 6.78. The van der Waals surface area contributed by atoms with Crippen LogP contribution in [0, 0.1) is 6.92 Å². The molecule has 1 atom stereocenters. The van der Waals surface area contributed by atoms with E-state index in [9.17, 15) is 18.0 Å². The topological polar surface area (TPSA) is 114 Å². The summed E-state index contributed by atoms with van der Waals surface area (Å²) in [5.41, 5.74) is 2.09. The normalized spacial score (nSPS) is 17.4. The molecule has 40 heavy (non-hydrogen) atoms. The quantitative estimate of drug-likeness (QED) is 0.446. The van der Waals surface area contributed by atoms with Gasteiger partial charge in [-0.15, -0.1) is 0 Å². The molecule has 2 aliphatic heterocycles. The molecule has 1 saturated heterocycles. The minimum absolute atomic E-state index is 0.0234. The van der Waals surface area contributed by atoms with E-state index in [1.54, 1.807) is 43.3 Å². The first-order valence-electron chi connectivity index (χ1n) is 13.0. The number of nitrogens with zero attached hydrogens (tertiary/aromatic N) is 2. The number of amides is 2. The molecule has 2 aliphatic rings. The average Bonchev–Trinajstić information content (AvgIpc) is 2.99. The van der Waals surface area contributed by atoms with Crippen LogP contribution in [0.1, 0.15) is 11.1 Å². The highest BCUT2D eigenvalue weighted by Crippen LogP contribution is 2.33. The van der Waals surface area contributed by atoms with Gasteiger partial charge in [0.25, 0.3) is 11.8 Å². The molecule has 1 fully saturated rings. The number of hydrogen-bond acceptors (Lipinski definition) is 7. The van der Waals surface area contributed by atoms with Crippen LogP contribution in [0.4, 0.5) is 5.69 Å². The van der Waals surface area contributed by atoms with Gasteiger partial charge in [-0.3, -0.25) is 9.59 Å². The van der Waals surface area contributed by atoms with Crippen LogP contribution in [0.3, 0.4) is 0 Å². The van der Waals surface area contributed by atoms with Gasteiger partial charge >= 0.3 is 0 Å². The monoisotopic (exact) mass is 565 g/mol. The molecule has 10 nitrogen and oxygen atoms in total. The Hall–Kier alpha value is -3.93. The number of anilines is 1. The number of carbonyl (C=O) groups is 2. The van der Waals surface area contributed by atoms with E-state index in [0.29, 0.717) is 55.6 Å². The fourth-order valence-electron chi connectivity index (χ4n) is 4.60. The minimum atomic E-state index is -3.65. The maximum Gasteiger partial charge on any atom is 0.265 e. The molecule has 5 rings (SSSR count). The van der Waals surface area contributed by atoms with Crippen molar-refractivity contribution in [2.24, 2.45) is 0 Å². The summed E-state index contributed by atoms with van der Waals surface area (Å²) < 4.78 is 44.4. The van der Waals surface area contributed by atoms with Crippen LogP contribution in [0.15, 0.2) is 77.7 Å². The number of rotatable bonds is 8. The first kappa shape index (κ1) is 27.6. The molecule has 2 amide bonds. The Morgan fingerprint density at radius 2 is 1.73 bits per heavy atom. The van der Waals surface area contributed by atoms with Crippen molar-refractivity contribution in [2.75, 3.05) is 44.4 Å². The molecule has 210 valence electrons. The molecular formula is C29H31N3O7S. The predicted octanol–water partition coefficient (Wildman–Crippen LogP) is 2.51. The lowest BCUT2D eigenvalue weighted by molar-refractivity contribution is -0.128. The molecule has 0 aromatic heterocycles. The zero-order valence-electron chi connectivity index (χ0n) is 22.1. The van der Waals surface area contributed by atoms with E-state index in [1.807, 2.05) is 30.3 Å². The number of sulfonamides is 1. The summed E-state index contributed by atoms with van der Waals surface area (Å²) in [5, 5.41) is 2.87. The molecular weight excluding hydrogens is 534 g/mol. The summed E-state index contributed by atoms with van der Waals surface area (Å²) in [4.78, 5) is 27.9. The van der Waals surface area contributed by atoms with E-state index in [1.165, 1.54) is 15.3 Å². The number of hydrogen-bond donors (Lipinski definition) is 1. The maximum atomic E-state index is 13.3. The fourth-order valence-corrected chi connectivity index (χ4v) is 6.10. The lowest BCUT2D eigenvalue weighted by atomic mass is 10.1. The molecule has 3 aromatic carbocycles. The number of ether oxygens (including phenoxy) is 3. The summed E-state index contributed by atoms with van der Waals surface area (Å²) in [5.74, 6) is 0.134. The smallest absolute Gasteiger partial charge is 0.265 e. The number of nitrogens with one attached hydrogen (secondary N) is 1. The second kappa shape index (κ2) is 12.1. The van der Waals surface area contributed by atoms with Gasteiger partial charge in [-0.25, -0.2) is 8.42 Å². The van der Waals surface area contributed by atoms with Gasteiger partial charge in [0.2, 0.25) is 10.0 Å². The molecule has 0 bridgehead atoms. The predicted molar refractivity (Wildman–Crippen MR) is 148 cm³/mol. The molecule has 1 N–H and O–H groups in total. The van der Waals surface area contributed by atoms with Gasteiger partial charge in [0.1, 0.15) is 11.5 Å². The van der Waals surface area contributed by atoms with Crippen molar-refractivity contribution in [1.82, 2.24) is 9.62 Å². The standard InChI is InChI=1S/C29H31N3O7S/c1-21-17-23(40(35,36)31-13-15-37-16-14-31)11-12-25(21)38-20-28(33)32-19-27(39-26-10-6-5-9-24(26)32)29(34)30-18-22-7-3-2-4-8-22/h2-12,17,27H,13-16,18-20H2,1H3,(H,30,34)/t27-/m0/s1. The molecule has 11 heteroatoms. The number of fused-ring (bicyclic) bond motifs is 1. The van der Waals surface area contributed by atoms with E-state index in [-0.39, 0.29) is 29.9 Å². The molecule has 0 radical (unpaired) electrons. The molecule has 0 saturated carbocycles. The fraction of sp³-hybridized carbons (Fsp3) is 0.310. The SMILES string of the molecule is Cc1cc(S(=O)(=O)N2CCOCC2)ccc1OCC(=O)N1C[C@@H](C(=O)NCc2ccccc2)Oc2ccccc21. The van der Waals surface area contributed by atoms with Gasteiger partial charge in [-0.05, 0) is 48.4 Å². The second-order valence-corrected chi connectivity index (χ2v) is 11.5. The van der Waals surface area contributed by atoms with Crippen molar-refractivity contribution in [3.8, 4) is 11.5 Å². The van der Waals surface area contributed by atoms with Crippen molar-refractivity contribution in [3.05, 3.63) is 83.9 Å². The number of aryl methyl sites for hydroxylation is 1. The number of morpholine rings is 1. The summed E-state index contributed by atoms with van der Waals surface area (Å²) >= 11 is 0. The lowest BCUT2D eigenvalue weighted by Crippen LogP contribution is -2.51. The second-order valence-electron chi connectivity index (χ2n) is 9.51. The van der Waals surface area contributed by atoms with E-state index >= 15 is 0 Å². The van der Waals surface area contributed by atoms with Crippen molar-refractivity contribution in [1.29, 1.82) is 0 Å². The van der Waals surface area contributed by atoms with Crippen LogP contribution in [0.25, 0.3) is 0 Å². The summed E-state index contributed by atoms with van der Waals surface area (Å²) in [7, 11) is -3.65. The zero-order valence-corrected chi connectivity index (χ0v) is 22.9. The minimum Gasteiger partial charge on any atom is -0.483 e. The molecule has 0 unspecified atom stereocenters. The van der Waals surface area contributed by atoms with Gasteiger partial charge in [0, 0.05) is 19.6 Å². The van der Waals surface area contributed by atoms with Crippen molar-refractivity contribution < 1.29 is 32.2 Å². The number of benzene rings is 3.